The first-order valence-corrected chi connectivity index (χ1v) is 10.7. The van der Waals surface area contributed by atoms with Gasteiger partial charge in [0.15, 0.2) is 11.0 Å². The van der Waals surface area contributed by atoms with E-state index in [0.717, 1.165) is 0 Å². The lowest BCUT2D eigenvalue weighted by atomic mass is 9.96. The van der Waals surface area contributed by atoms with Gasteiger partial charge in [-0.1, -0.05) is 17.3 Å². The molecule has 164 valence electrons. The number of aromatic nitrogens is 3. The van der Waals surface area contributed by atoms with E-state index < -0.39 is 5.76 Å². The number of halogens is 2. The highest BCUT2D eigenvalue weighted by molar-refractivity contribution is 7.99. The van der Waals surface area contributed by atoms with Crippen molar-refractivity contribution in [3.05, 3.63) is 36.1 Å². The molecule has 11 heteroatoms. The number of aryl methyl sites for hydroxylation is 1. The van der Waals surface area contributed by atoms with Crippen LogP contribution >= 0.6 is 11.8 Å². The Hall–Kier alpha value is -2.95. The minimum atomic E-state index is -2.63. The average Bonchev–Trinajstić information content (AvgIpc) is 3.30. The van der Waals surface area contributed by atoms with Crippen molar-refractivity contribution in [3.63, 3.8) is 0 Å². The highest BCUT2D eigenvalue weighted by Gasteiger charge is 2.28. The fourth-order valence-electron chi connectivity index (χ4n) is 3.66. The number of fused-ring (bicyclic) bond motifs is 1. The van der Waals surface area contributed by atoms with Crippen LogP contribution in [0, 0.1) is 12.8 Å². The van der Waals surface area contributed by atoms with Crippen molar-refractivity contribution in [3.8, 4) is 0 Å². The first-order chi connectivity index (χ1) is 14.9. The zero-order valence-electron chi connectivity index (χ0n) is 16.8. The molecule has 1 aromatic carbocycles. The van der Waals surface area contributed by atoms with Crippen LogP contribution in [0.15, 0.2) is 40.0 Å². The molecule has 0 bridgehead atoms. The molecule has 2 amide bonds. The molecule has 1 aliphatic rings. The minimum Gasteiger partial charge on any atom is -0.360 e. The standard InChI is InChI=1S/C20H21F2N5O3S/c1-12-10-16(25-30-12)24-18(29)13-6-8-26(9-7-13)17(28)11-27-15-5-3-2-4-14(15)23-20(27)31-19(21)22/h2-5,10,13,19H,6-9,11H2,1H3,(H,24,25,29). The molecule has 1 saturated heterocycles. The highest BCUT2D eigenvalue weighted by Crippen LogP contribution is 2.29. The van der Waals surface area contributed by atoms with Crippen molar-refractivity contribution in [1.82, 2.24) is 19.6 Å². The average molecular weight is 449 g/mol. The number of hydrogen-bond donors (Lipinski definition) is 1. The molecule has 31 heavy (non-hydrogen) atoms. The summed E-state index contributed by atoms with van der Waals surface area (Å²) in [7, 11) is 0. The molecular formula is C20H21F2N5O3S. The molecule has 4 rings (SSSR count). The Morgan fingerprint density at radius 3 is 2.71 bits per heavy atom. The third-order valence-corrected chi connectivity index (χ3v) is 5.91. The Kier molecular flexibility index (Phi) is 6.21. The minimum absolute atomic E-state index is 0.0787. The zero-order chi connectivity index (χ0) is 22.0. The molecule has 1 fully saturated rings. The number of hydrogen-bond acceptors (Lipinski definition) is 6. The van der Waals surface area contributed by atoms with Gasteiger partial charge < -0.3 is 19.3 Å². The van der Waals surface area contributed by atoms with Crippen molar-refractivity contribution < 1.29 is 22.9 Å². The van der Waals surface area contributed by atoms with Crippen LogP contribution in [-0.4, -0.2) is 50.3 Å². The van der Waals surface area contributed by atoms with Crippen LogP contribution < -0.4 is 5.32 Å². The number of benzene rings is 1. The number of piperidine rings is 1. The number of anilines is 1. The van der Waals surface area contributed by atoms with Crippen LogP contribution in [0.4, 0.5) is 14.6 Å². The number of thioether (sulfide) groups is 1. The Morgan fingerprint density at radius 1 is 1.29 bits per heavy atom. The van der Waals surface area contributed by atoms with E-state index in [2.05, 4.69) is 15.5 Å². The molecule has 1 aliphatic heterocycles. The normalized spacial score (nSPS) is 15.0. The number of rotatable bonds is 6. The molecule has 0 unspecified atom stereocenters. The SMILES string of the molecule is Cc1cc(NC(=O)C2CCN(C(=O)Cn3c(SC(F)F)nc4ccccc43)CC2)no1. The highest BCUT2D eigenvalue weighted by atomic mass is 32.2. The second kappa shape index (κ2) is 9.04. The van der Waals surface area contributed by atoms with Crippen molar-refractivity contribution in [2.45, 2.75) is 37.2 Å². The Labute approximate surface area is 181 Å². The van der Waals surface area contributed by atoms with E-state index in [4.69, 9.17) is 4.52 Å². The maximum Gasteiger partial charge on any atom is 0.291 e. The second-order valence-electron chi connectivity index (χ2n) is 7.31. The Bertz CT molecular complexity index is 1090. The Balaban J connectivity index is 1.39. The van der Waals surface area contributed by atoms with Gasteiger partial charge >= 0.3 is 0 Å². The number of likely N-dealkylation sites (tertiary alicyclic amines) is 1. The molecular weight excluding hydrogens is 428 g/mol. The van der Waals surface area contributed by atoms with E-state index in [-0.39, 0.29) is 29.4 Å². The first-order valence-electron chi connectivity index (χ1n) is 9.82. The van der Waals surface area contributed by atoms with Crippen LogP contribution in [0.25, 0.3) is 11.0 Å². The number of alkyl halides is 2. The van der Waals surface area contributed by atoms with Gasteiger partial charge in [-0.25, -0.2) is 4.98 Å². The van der Waals surface area contributed by atoms with Gasteiger partial charge in [0.25, 0.3) is 5.76 Å². The van der Waals surface area contributed by atoms with Gasteiger partial charge in [0.1, 0.15) is 12.3 Å². The fraction of sp³-hybridized carbons (Fsp3) is 0.400. The van der Waals surface area contributed by atoms with Gasteiger partial charge in [-0.3, -0.25) is 9.59 Å². The summed E-state index contributed by atoms with van der Waals surface area (Å²) in [5.74, 6) is -2.24. The van der Waals surface area contributed by atoms with Crippen molar-refractivity contribution >= 4 is 40.4 Å². The summed E-state index contributed by atoms with van der Waals surface area (Å²) in [5.41, 5.74) is 1.20. The quantitative estimate of drug-likeness (QED) is 0.579. The van der Waals surface area contributed by atoms with Gasteiger partial charge in [0.05, 0.1) is 11.0 Å². The first kappa shape index (κ1) is 21.3. The summed E-state index contributed by atoms with van der Waals surface area (Å²) in [6, 6.07) is 8.68. The Morgan fingerprint density at radius 2 is 2.03 bits per heavy atom. The summed E-state index contributed by atoms with van der Waals surface area (Å²) < 4.78 is 32.4. The summed E-state index contributed by atoms with van der Waals surface area (Å²) in [4.78, 5) is 31.2. The molecule has 8 nitrogen and oxygen atoms in total. The lowest BCUT2D eigenvalue weighted by Crippen LogP contribution is -2.42. The second-order valence-corrected chi connectivity index (χ2v) is 8.27. The van der Waals surface area contributed by atoms with Gasteiger partial charge in [0, 0.05) is 25.1 Å². The van der Waals surface area contributed by atoms with Crippen molar-refractivity contribution in [1.29, 1.82) is 0 Å². The number of nitrogens with one attached hydrogen (secondary N) is 1. The van der Waals surface area contributed by atoms with Crippen LogP contribution in [0.2, 0.25) is 0 Å². The van der Waals surface area contributed by atoms with E-state index >= 15 is 0 Å². The summed E-state index contributed by atoms with van der Waals surface area (Å²) >= 11 is 0.328. The summed E-state index contributed by atoms with van der Waals surface area (Å²) in [6.07, 6.45) is 1.02. The number of amides is 2. The molecule has 0 spiro atoms. The predicted octanol–water partition coefficient (Wildman–Crippen LogP) is 3.52. The molecule has 0 radical (unpaired) electrons. The number of para-hydroxylation sites is 2. The van der Waals surface area contributed by atoms with E-state index in [0.29, 0.717) is 60.3 Å². The number of carbonyl (C=O) groups is 2. The molecule has 0 aliphatic carbocycles. The molecule has 2 aromatic heterocycles. The maximum absolute atomic E-state index is 13.0. The summed E-state index contributed by atoms with van der Waals surface area (Å²) in [6.45, 7) is 2.49. The molecule has 0 saturated carbocycles. The van der Waals surface area contributed by atoms with Gasteiger partial charge in [-0.15, -0.1) is 0 Å². The van der Waals surface area contributed by atoms with Crippen LogP contribution in [-0.2, 0) is 16.1 Å². The number of imidazole rings is 1. The molecule has 1 N–H and O–H groups in total. The van der Waals surface area contributed by atoms with Crippen molar-refractivity contribution in [2.75, 3.05) is 18.4 Å². The van der Waals surface area contributed by atoms with Gasteiger partial charge in [-0.2, -0.15) is 8.78 Å². The summed E-state index contributed by atoms with van der Waals surface area (Å²) in [5, 5.41) is 6.59. The van der Waals surface area contributed by atoms with Gasteiger partial charge in [0.2, 0.25) is 11.8 Å². The van der Waals surface area contributed by atoms with Crippen LogP contribution in [0.3, 0.4) is 0 Å². The largest absolute Gasteiger partial charge is 0.360 e. The maximum atomic E-state index is 13.0. The van der Waals surface area contributed by atoms with E-state index in [9.17, 15) is 18.4 Å². The third-order valence-electron chi connectivity index (χ3n) is 5.21. The topological polar surface area (TPSA) is 93.3 Å². The monoisotopic (exact) mass is 449 g/mol. The van der Waals surface area contributed by atoms with Crippen LogP contribution in [0.5, 0.6) is 0 Å². The van der Waals surface area contributed by atoms with E-state index in [1.807, 2.05) is 0 Å². The third kappa shape index (κ3) is 4.87. The van der Waals surface area contributed by atoms with E-state index in [1.165, 1.54) is 4.57 Å². The lowest BCUT2D eigenvalue weighted by Gasteiger charge is -2.31. The number of carbonyl (C=O) groups excluding carboxylic acids is 2. The molecule has 0 atom stereocenters. The van der Waals surface area contributed by atoms with E-state index in [1.54, 1.807) is 42.2 Å². The lowest BCUT2D eigenvalue weighted by molar-refractivity contribution is -0.135. The predicted molar refractivity (Wildman–Crippen MR) is 111 cm³/mol. The molecule has 3 heterocycles. The fourth-order valence-corrected chi connectivity index (χ4v) is 4.26. The molecule has 3 aromatic rings. The number of nitrogens with zero attached hydrogens (tertiary/aromatic N) is 4. The van der Waals surface area contributed by atoms with Gasteiger partial charge in [-0.05, 0) is 43.7 Å². The smallest absolute Gasteiger partial charge is 0.291 e. The van der Waals surface area contributed by atoms with Crippen molar-refractivity contribution in [2.24, 2.45) is 5.92 Å². The zero-order valence-corrected chi connectivity index (χ0v) is 17.6. The van der Waals surface area contributed by atoms with Crippen LogP contribution in [0.1, 0.15) is 18.6 Å².